The molecule has 0 spiro atoms. The third-order valence-corrected chi connectivity index (χ3v) is 8.80. The molecule has 2 aromatic rings. The molecule has 0 heterocycles. The highest BCUT2D eigenvalue weighted by Gasteiger charge is 2.33. The van der Waals surface area contributed by atoms with Crippen molar-refractivity contribution in [3.63, 3.8) is 0 Å². The van der Waals surface area contributed by atoms with Crippen LogP contribution in [-0.2, 0) is 26.2 Å². The molecule has 1 saturated carbocycles. The highest BCUT2D eigenvalue weighted by atomic mass is 35.5. The van der Waals surface area contributed by atoms with Crippen LogP contribution in [-0.4, -0.2) is 50.0 Å². The number of carbonyl (C=O) groups excluding carboxylic acids is 2. The molecule has 1 fully saturated rings. The van der Waals surface area contributed by atoms with Gasteiger partial charge in [0, 0.05) is 12.6 Å². The normalized spacial score (nSPS) is 14.9. The molecular formula is C28H37Cl2N3O4S. The molecule has 1 aliphatic carbocycles. The van der Waals surface area contributed by atoms with Crippen LogP contribution < -0.4 is 9.62 Å². The van der Waals surface area contributed by atoms with Gasteiger partial charge >= 0.3 is 0 Å². The molecule has 208 valence electrons. The number of nitrogens with one attached hydrogen (secondary N) is 1. The first-order chi connectivity index (χ1) is 17.9. The highest BCUT2D eigenvalue weighted by molar-refractivity contribution is 7.92. The van der Waals surface area contributed by atoms with E-state index in [-0.39, 0.29) is 24.4 Å². The lowest BCUT2D eigenvalue weighted by atomic mass is 10.0. The van der Waals surface area contributed by atoms with Gasteiger partial charge in [0.25, 0.3) is 0 Å². The topological polar surface area (TPSA) is 86.8 Å². The Morgan fingerprint density at radius 3 is 2.29 bits per heavy atom. The van der Waals surface area contributed by atoms with Gasteiger partial charge in [-0.15, -0.1) is 0 Å². The van der Waals surface area contributed by atoms with Gasteiger partial charge in [-0.25, -0.2) is 8.42 Å². The molecule has 0 radical (unpaired) electrons. The van der Waals surface area contributed by atoms with Crippen LogP contribution in [0.15, 0.2) is 42.5 Å². The Bertz CT molecular complexity index is 1250. The predicted octanol–water partition coefficient (Wildman–Crippen LogP) is 5.75. The van der Waals surface area contributed by atoms with Crippen LogP contribution in [0.3, 0.4) is 0 Å². The first-order valence-electron chi connectivity index (χ1n) is 13.0. The summed E-state index contributed by atoms with van der Waals surface area (Å²) in [5, 5.41) is 3.82. The van der Waals surface area contributed by atoms with Crippen molar-refractivity contribution in [1.82, 2.24) is 10.2 Å². The zero-order valence-electron chi connectivity index (χ0n) is 22.4. The predicted molar refractivity (Wildman–Crippen MR) is 154 cm³/mol. The Morgan fingerprint density at radius 2 is 1.71 bits per heavy atom. The van der Waals surface area contributed by atoms with Gasteiger partial charge in [0.1, 0.15) is 12.6 Å². The van der Waals surface area contributed by atoms with E-state index in [9.17, 15) is 18.0 Å². The fourth-order valence-corrected chi connectivity index (χ4v) is 6.11. The van der Waals surface area contributed by atoms with Crippen LogP contribution in [0.4, 0.5) is 5.69 Å². The molecule has 0 unspecified atom stereocenters. The molecule has 3 rings (SSSR count). The average molecular weight is 583 g/mol. The molecule has 0 aliphatic heterocycles. The van der Waals surface area contributed by atoms with Crippen molar-refractivity contribution in [3.8, 4) is 0 Å². The van der Waals surface area contributed by atoms with Gasteiger partial charge in [0.2, 0.25) is 21.8 Å². The maximum Gasteiger partial charge on any atom is 0.244 e. The van der Waals surface area contributed by atoms with Crippen LogP contribution in [0.25, 0.3) is 0 Å². The van der Waals surface area contributed by atoms with Crippen molar-refractivity contribution in [2.75, 3.05) is 17.1 Å². The molecule has 2 aromatic carbocycles. The van der Waals surface area contributed by atoms with E-state index in [2.05, 4.69) is 5.32 Å². The van der Waals surface area contributed by atoms with E-state index in [1.54, 1.807) is 30.3 Å². The minimum Gasteiger partial charge on any atom is -0.352 e. The lowest BCUT2D eigenvalue weighted by Crippen LogP contribution is -2.53. The van der Waals surface area contributed by atoms with E-state index in [0.717, 1.165) is 41.8 Å². The molecule has 2 amide bonds. The van der Waals surface area contributed by atoms with Crippen molar-refractivity contribution >= 4 is 50.7 Å². The van der Waals surface area contributed by atoms with Gasteiger partial charge in [-0.2, -0.15) is 0 Å². The summed E-state index contributed by atoms with van der Waals surface area (Å²) >= 11 is 12.3. The second-order valence-corrected chi connectivity index (χ2v) is 12.9. The van der Waals surface area contributed by atoms with Crippen LogP contribution in [0.1, 0.15) is 69.9 Å². The number of para-hydroxylation sites is 1. The van der Waals surface area contributed by atoms with Crippen molar-refractivity contribution in [3.05, 3.63) is 63.6 Å². The van der Waals surface area contributed by atoms with Gasteiger partial charge in [0.15, 0.2) is 0 Å². The highest BCUT2D eigenvalue weighted by Crippen LogP contribution is 2.30. The monoisotopic (exact) mass is 581 g/mol. The molecule has 7 nitrogen and oxygen atoms in total. The zero-order valence-corrected chi connectivity index (χ0v) is 24.7. The van der Waals surface area contributed by atoms with Crippen molar-refractivity contribution < 1.29 is 18.0 Å². The number of halogens is 2. The third-order valence-electron chi connectivity index (χ3n) is 6.93. The summed E-state index contributed by atoms with van der Waals surface area (Å²) < 4.78 is 27.0. The van der Waals surface area contributed by atoms with Crippen LogP contribution >= 0.6 is 23.2 Å². The smallest absolute Gasteiger partial charge is 0.244 e. The quantitative estimate of drug-likeness (QED) is 0.366. The van der Waals surface area contributed by atoms with E-state index in [4.69, 9.17) is 23.2 Å². The Morgan fingerprint density at radius 1 is 1.05 bits per heavy atom. The SMILES string of the molecule is CC[C@H](C(=O)NC1CCCC1)N(Cc1ccc(Cl)c(Cl)c1)C(=O)CN(c1ccccc1C(C)C)S(C)(=O)=O. The van der Waals surface area contributed by atoms with Gasteiger partial charge < -0.3 is 10.2 Å². The number of carbonyl (C=O) groups is 2. The second-order valence-electron chi connectivity index (χ2n) is 10.2. The third kappa shape index (κ3) is 7.64. The summed E-state index contributed by atoms with van der Waals surface area (Å²) in [6, 6.07) is 11.5. The molecule has 0 saturated heterocycles. The fourth-order valence-electron chi connectivity index (χ4n) is 4.92. The summed E-state index contributed by atoms with van der Waals surface area (Å²) in [7, 11) is -3.81. The molecule has 1 aliphatic rings. The number of amides is 2. The average Bonchev–Trinajstić information content (AvgIpc) is 3.36. The van der Waals surface area contributed by atoms with E-state index in [1.165, 1.54) is 4.90 Å². The Balaban J connectivity index is 1.98. The van der Waals surface area contributed by atoms with E-state index in [1.807, 2.05) is 32.9 Å². The van der Waals surface area contributed by atoms with Gasteiger partial charge in [-0.1, -0.05) is 81.1 Å². The summed E-state index contributed by atoms with van der Waals surface area (Å²) in [6.07, 6.45) is 5.41. The number of hydrogen-bond acceptors (Lipinski definition) is 4. The Hall–Kier alpha value is -2.29. The Labute approximate surface area is 236 Å². The summed E-state index contributed by atoms with van der Waals surface area (Å²) in [5.41, 5.74) is 1.96. The first-order valence-corrected chi connectivity index (χ1v) is 15.6. The van der Waals surface area contributed by atoms with Crippen molar-refractivity contribution in [2.24, 2.45) is 0 Å². The van der Waals surface area contributed by atoms with Crippen LogP contribution in [0.2, 0.25) is 10.0 Å². The molecule has 1 N–H and O–H groups in total. The molecule has 0 aromatic heterocycles. The maximum absolute atomic E-state index is 13.9. The molecule has 0 bridgehead atoms. The van der Waals surface area contributed by atoms with Crippen LogP contribution in [0, 0.1) is 0 Å². The number of anilines is 1. The Kier molecular flexibility index (Phi) is 10.5. The van der Waals surface area contributed by atoms with Gasteiger partial charge in [-0.05, 0) is 54.5 Å². The van der Waals surface area contributed by atoms with Gasteiger partial charge in [0.05, 0.1) is 22.0 Å². The summed E-state index contributed by atoms with van der Waals surface area (Å²) in [6.45, 7) is 5.43. The van der Waals surface area contributed by atoms with Crippen molar-refractivity contribution in [2.45, 2.75) is 77.4 Å². The zero-order chi connectivity index (χ0) is 28.0. The minimum atomic E-state index is -3.81. The number of sulfonamides is 1. The van der Waals surface area contributed by atoms with E-state index in [0.29, 0.717) is 27.7 Å². The largest absolute Gasteiger partial charge is 0.352 e. The van der Waals surface area contributed by atoms with Gasteiger partial charge in [-0.3, -0.25) is 13.9 Å². The second kappa shape index (κ2) is 13.2. The first kappa shape index (κ1) is 30.3. The summed E-state index contributed by atoms with van der Waals surface area (Å²) in [4.78, 5) is 28.8. The number of rotatable bonds is 11. The summed E-state index contributed by atoms with van der Waals surface area (Å²) in [5.74, 6) is -0.673. The molecule has 38 heavy (non-hydrogen) atoms. The number of hydrogen-bond donors (Lipinski definition) is 1. The molecule has 10 heteroatoms. The van der Waals surface area contributed by atoms with Crippen molar-refractivity contribution in [1.29, 1.82) is 0 Å². The number of benzene rings is 2. The van der Waals surface area contributed by atoms with Crippen LogP contribution in [0.5, 0.6) is 0 Å². The molecule has 1 atom stereocenters. The lowest BCUT2D eigenvalue weighted by molar-refractivity contribution is -0.140. The lowest BCUT2D eigenvalue weighted by Gasteiger charge is -2.34. The number of nitrogens with zero attached hydrogens (tertiary/aromatic N) is 2. The van der Waals surface area contributed by atoms with E-state index >= 15 is 0 Å². The maximum atomic E-state index is 13.9. The minimum absolute atomic E-state index is 0.0402. The standard InChI is InChI=1S/C28H37Cl2N3O4S/c1-5-25(28(35)31-21-10-6-7-11-21)32(17-20-14-15-23(29)24(30)16-20)27(34)18-33(38(4,36)37)26-13-9-8-12-22(26)19(2)3/h8-9,12-16,19,21,25H,5-7,10-11,17-18H2,1-4H3,(H,31,35)/t25-/m1/s1. The molecular weight excluding hydrogens is 545 g/mol. The van der Waals surface area contributed by atoms with E-state index < -0.39 is 28.5 Å². The fraction of sp³-hybridized carbons (Fsp3) is 0.500.